The van der Waals surface area contributed by atoms with Gasteiger partial charge in [0.1, 0.15) is 0 Å². The summed E-state index contributed by atoms with van der Waals surface area (Å²) < 4.78 is 27.7. The Kier molecular flexibility index (Phi) is 5.49. The molecular weight excluding hydrogens is 319 g/mol. The molecule has 1 saturated carbocycles. The Bertz CT molecular complexity index is 588. The highest BCUT2D eigenvalue weighted by atomic mass is 35.5. The van der Waals surface area contributed by atoms with E-state index in [0.29, 0.717) is 16.5 Å². The van der Waals surface area contributed by atoms with E-state index in [1.165, 1.54) is 0 Å². The van der Waals surface area contributed by atoms with Crippen LogP contribution < -0.4 is 10.5 Å². The van der Waals surface area contributed by atoms with Gasteiger partial charge in [-0.05, 0) is 50.3 Å². The number of hydrogen-bond acceptors (Lipinski definition) is 3. The number of rotatable bonds is 5. The van der Waals surface area contributed by atoms with Crippen molar-refractivity contribution in [2.75, 3.05) is 6.54 Å². The maximum Gasteiger partial charge on any atom is 0.241 e. The fourth-order valence-corrected chi connectivity index (χ4v) is 4.23. The summed E-state index contributed by atoms with van der Waals surface area (Å²) in [6, 6.07) is 4.88. The van der Waals surface area contributed by atoms with Gasteiger partial charge >= 0.3 is 0 Å². The first-order chi connectivity index (χ1) is 8.80. The molecule has 7 heteroatoms. The fraction of sp³-hybridized carbons (Fsp3) is 0.538. The highest BCUT2D eigenvalue weighted by molar-refractivity contribution is 7.89. The molecule has 2 rings (SSSR count). The van der Waals surface area contributed by atoms with E-state index in [4.69, 9.17) is 17.3 Å². The maximum absolute atomic E-state index is 12.5. The van der Waals surface area contributed by atoms with Crippen LogP contribution in [0, 0.1) is 12.8 Å². The van der Waals surface area contributed by atoms with Crippen LogP contribution in [0.15, 0.2) is 23.1 Å². The van der Waals surface area contributed by atoms with Gasteiger partial charge in [0.15, 0.2) is 0 Å². The first kappa shape index (κ1) is 17.7. The normalized spacial score (nSPS) is 18.2. The lowest BCUT2D eigenvalue weighted by atomic mass is 9.98. The molecule has 0 aromatic heterocycles. The number of hydrogen-bond donors (Lipinski definition) is 2. The summed E-state index contributed by atoms with van der Waals surface area (Å²) in [5.74, 6) is 0.326. The second kappa shape index (κ2) is 6.20. The van der Waals surface area contributed by atoms with Crippen molar-refractivity contribution >= 4 is 34.0 Å². The Morgan fingerprint density at radius 2 is 2.05 bits per heavy atom. The van der Waals surface area contributed by atoms with Crippen LogP contribution in [0.25, 0.3) is 0 Å². The summed E-state index contributed by atoms with van der Waals surface area (Å²) in [6.07, 6.45) is 2.04. The van der Waals surface area contributed by atoms with Crippen LogP contribution in [-0.4, -0.2) is 20.5 Å². The molecule has 1 aliphatic rings. The molecule has 1 aromatic rings. The molecule has 1 unspecified atom stereocenters. The summed E-state index contributed by atoms with van der Waals surface area (Å²) in [7, 11) is -3.60. The van der Waals surface area contributed by atoms with E-state index in [0.717, 1.165) is 12.8 Å². The standard InChI is InChI=1S/C13H19ClN2O2S.ClH/c1-9-11(14)4-3-5-12(9)19(17,18)16-13(2,8-15)10-6-7-10;/h3-5,10,16H,6-8,15H2,1-2H3;1H. The van der Waals surface area contributed by atoms with E-state index < -0.39 is 15.6 Å². The summed E-state index contributed by atoms with van der Waals surface area (Å²) >= 11 is 5.98. The van der Waals surface area contributed by atoms with Gasteiger partial charge in [-0.3, -0.25) is 0 Å². The molecule has 20 heavy (non-hydrogen) atoms. The third kappa shape index (κ3) is 3.46. The minimum absolute atomic E-state index is 0. The molecule has 0 bridgehead atoms. The lowest BCUT2D eigenvalue weighted by molar-refractivity contribution is 0.374. The van der Waals surface area contributed by atoms with Crippen LogP contribution in [0.2, 0.25) is 5.02 Å². The van der Waals surface area contributed by atoms with Crippen molar-refractivity contribution in [3.63, 3.8) is 0 Å². The lowest BCUT2D eigenvalue weighted by Gasteiger charge is -2.29. The van der Waals surface area contributed by atoms with E-state index in [-0.39, 0.29) is 23.8 Å². The van der Waals surface area contributed by atoms with Crippen molar-refractivity contribution < 1.29 is 8.42 Å². The number of benzene rings is 1. The summed E-state index contributed by atoms with van der Waals surface area (Å²) in [5, 5.41) is 0.448. The van der Waals surface area contributed by atoms with Crippen LogP contribution in [0.4, 0.5) is 0 Å². The van der Waals surface area contributed by atoms with Crippen molar-refractivity contribution in [1.29, 1.82) is 0 Å². The van der Waals surface area contributed by atoms with E-state index in [1.807, 2.05) is 6.92 Å². The highest BCUT2D eigenvalue weighted by Crippen LogP contribution is 2.40. The largest absolute Gasteiger partial charge is 0.329 e. The molecule has 0 aliphatic heterocycles. The fourth-order valence-electron chi connectivity index (χ4n) is 2.25. The number of sulfonamides is 1. The Morgan fingerprint density at radius 3 is 2.55 bits per heavy atom. The molecule has 114 valence electrons. The molecule has 0 amide bonds. The predicted molar refractivity (Wildman–Crippen MR) is 83.9 cm³/mol. The van der Waals surface area contributed by atoms with Crippen molar-refractivity contribution in [3.8, 4) is 0 Å². The van der Waals surface area contributed by atoms with Gasteiger partial charge in [0, 0.05) is 17.1 Å². The monoisotopic (exact) mass is 338 g/mol. The van der Waals surface area contributed by atoms with Gasteiger partial charge in [-0.1, -0.05) is 17.7 Å². The zero-order chi connectivity index (χ0) is 14.3. The molecule has 1 aromatic carbocycles. The smallest absolute Gasteiger partial charge is 0.241 e. The molecule has 0 heterocycles. The number of halogens is 2. The molecule has 0 radical (unpaired) electrons. The third-order valence-corrected chi connectivity index (χ3v) is 5.94. The van der Waals surface area contributed by atoms with Gasteiger partial charge in [0.2, 0.25) is 10.0 Å². The van der Waals surface area contributed by atoms with Gasteiger partial charge in [-0.2, -0.15) is 0 Å². The Labute approximate surface area is 131 Å². The zero-order valence-corrected chi connectivity index (χ0v) is 13.9. The molecule has 1 atom stereocenters. The Hall–Kier alpha value is -0.330. The van der Waals surface area contributed by atoms with Crippen molar-refractivity contribution in [1.82, 2.24) is 4.72 Å². The number of nitrogens with one attached hydrogen (secondary N) is 1. The number of nitrogens with two attached hydrogens (primary N) is 1. The zero-order valence-electron chi connectivity index (χ0n) is 11.5. The molecule has 4 nitrogen and oxygen atoms in total. The van der Waals surface area contributed by atoms with Crippen molar-refractivity contribution in [2.24, 2.45) is 11.7 Å². The second-order valence-electron chi connectivity index (χ2n) is 5.36. The Balaban J connectivity index is 0.00000200. The van der Waals surface area contributed by atoms with Crippen LogP contribution in [-0.2, 0) is 10.0 Å². The average molecular weight is 339 g/mol. The molecule has 1 aliphatic carbocycles. The minimum atomic E-state index is -3.60. The Morgan fingerprint density at radius 1 is 1.45 bits per heavy atom. The maximum atomic E-state index is 12.5. The molecular formula is C13H20Cl2N2O2S. The lowest BCUT2D eigenvalue weighted by Crippen LogP contribution is -2.53. The quantitative estimate of drug-likeness (QED) is 0.866. The summed E-state index contributed by atoms with van der Waals surface area (Å²) in [4.78, 5) is 0.223. The van der Waals surface area contributed by atoms with E-state index in [9.17, 15) is 8.42 Å². The minimum Gasteiger partial charge on any atom is -0.329 e. The van der Waals surface area contributed by atoms with Crippen LogP contribution in [0.5, 0.6) is 0 Å². The molecule has 3 N–H and O–H groups in total. The van der Waals surface area contributed by atoms with Gasteiger partial charge < -0.3 is 5.73 Å². The van der Waals surface area contributed by atoms with Crippen LogP contribution in [0.1, 0.15) is 25.3 Å². The van der Waals surface area contributed by atoms with E-state index >= 15 is 0 Å². The van der Waals surface area contributed by atoms with Gasteiger partial charge in [0.05, 0.1) is 4.90 Å². The average Bonchev–Trinajstić information content (AvgIpc) is 3.16. The molecule has 0 spiro atoms. The van der Waals surface area contributed by atoms with Crippen LogP contribution in [0.3, 0.4) is 0 Å². The topological polar surface area (TPSA) is 72.2 Å². The van der Waals surface area contributed by atoms with Crippen LogP contribution >= 0.6 is 24.0 Å². The van der Waals surface area contributed by atoms with Gasteiger partial charge in [-0.25, -0.2) is 13.1 Å². The van der Waals surface area contributed by atoms with Crippen molar-refractivity contribution in [2.45, 2.75) is 37.1 Å². The summed E-state index contributed by atoms with van der Waals surface area (Å²) in [6.45, 7) is 3.85. The molecule has 0 saturated heterocycles. The summed E-state index contributed by atoms with van der Waals surface area (Å²) in [5.41, 5.74) is 5.73. The van der Waals surface area contributed by atoms with Crippen molar-refractivity contribution in [3.05, 3.63) is 28.8 Å². The second-order valence-corrected chi connectivity index (χ2v) is 7.42. The third-order valence-electron chi connectivity index (χ3n) is 3.78. The van der Waals surface area contributed by atoms with Gasteiger partial charge in [-0.15, -0.1) is 12.4 Å². The highest BCUT2D eigenvalue weighted by Gasteiger charge is 2.43. The molecule has 1 fully saturated rings. The van der Waals surface area contributed by atoms with E-state index in [2.05, 4.69) is 4.72 Å². The SMILES string of the molecule is Cc1c(Cl)cccc1S(=O)(=O)NC(C)(CN)C1CC1.Cl. The first-order valence-electron chi connectivity index (χ1n) is 6.29. The predicted octanol–water partition coefficient (Wildman–Crippen LogP) is 2.48. The van der Waals surface area contributed by atoms with Gasteiger partial charge in [0.25, 0.3) is 0 Å². The first-order valence-corrected chi connectivity index (χ1v) is 8.15. The van der Waals surface area contributed by atoms with E-state index in [1.54, 1.807) is 25.1 Å².